The number of rotatable bonds is 5. The lowest BCUT2D eigenvalue weighted by molar-refractivity contribution is -0.119. The quantitative estimate of drug-likeness (QED) is 0.901. The Balaban J connectivity index is 1.92. The number of hydrogen-bond donors (Lipinski definition) is 1. The van der Waals surface area contributed by atoms with Crippen LogP contribution in [0.25, 0.3) is 5.52 Å². The Morgan fingerprint density at radius 3 is 2.96 bits per heavy atom. The zero-order valence-electron chi connectivity index (χ0n) is 14.2. The maximum Gasteiger partial charge on any atom is 0.258 e. The van der Waals surface area contributed by atoms with E-state index in [-0.39, 0.29) is 23.9 Å². The summed E-state index contributed by atoms with van der Waals surface area (Å²) in [5, 5.41) is 7.17. The molecule has 0 radical (unpaired) electrons. The van der Waals surface area contributed by atoms with Crippen molar-refractivity contribution in [1.29, 1.82) is 0 Å². The van der Waals surface area contributed by atoms with Crippen molar-refractivity contribution in [3.8, 4) is 5.75 Å². The molecule has 1 fully saturated rings. The number of carbonyl (C=O) groups excluding carboxylic acids is 2. The maximum atomic E-state index is 13.1. The number of nitrogens with one attached hydrogen (secondary N) is 1. The van der Waals surface area contributed by atoms with Gasteiger partial charge in [-0.1, -0.05) is 0 Å². The zero-order chi connectivity index (χ0) is 17.3. The highest BCUT2D eigenvalue weighted by atomic mass is 16.5. The minimum Gasteiger partial charge on any atom is -0.494 e. The second-order valence-corrected chi connectivity index (χ2v) is 6.28. The van der Waals surface area contributed by atoms with Crippen LogP contribution in [0.1, 0.15) is 37.0 Å². The van der Waals surface area contributed by atoms with Gasteiger partial charge in [-0.3, -0.25) is 9.59 Å². The highest BCUT2D eigenvalue weighted by molar-refractivity contribution is 6.02. The van der Waals surface area contributed by atoms with E-state index in [4.69, 9.17) is 4.74 Å². The van der Waals surface area contributed by atoms with Crippen molar-refractivity contribution in [2.75, 3.05) is 13.7 Å². The molecule has 1 N–H and O–H groups in total. The molecule has 7 nitrogen and oxygen atoms in total. The molecule has 0 spiro atoms. The van der Waals surface area contributed by atoms with Crippen molar-refractivity contribution in [2.45, 2.75) is 38.8 Å². The minimum atomic E-state index is -0.106. The fraction of sp³-hybridized carbons (Fsp3) is 0.471. The molecule has 2 amide bonds. The topological polar surface area (TPSA) is 75.9 Å². The van der Waals surface area contributed by atoms with Crippen LogP contribution < -0.4 is 10.1 Å². The molecule has 3 heterocycles. The van der Waals surface area contributed by atoms with Gasteiger partial charge in [0.05, 0.1) is 18.9 Å². The molecule has 7 heteroatoms. The standard InChI is InChI=1S/C17H22N4O3/c1-11(2)20(10-12-6-7-15(22)19-12)17(23)13-9-18-21-8-4-5-14(24-3)16(13)21/h4-5,8-9,11-12H,6-7,10H2,1-3H3,(H,19,22)/t12-/m1/s1. The lowest BCUT2D eigenvalue weighted by atomic mass is 10.1. The van der Waals surface area contributed by atoms with E-state index in [1.54, 1.807) is 28.9 Å². The van der Waals surface area contributed by atoms with Gasteiger partial charge in [-0.2, -0.15) is 5.10 Å². The minimum absolute atomic E-state index is 0.00702. The third-order valence-electron chi connectivity index (χ3n) is 4.34. The van der Waals surface area contributed by atoms with Gasteiger partial charge in [0, 0.05) is 31.2 Å². The first-order valence-electron chi connectivity index (χ1n) is 8.12. The summed E-state index contributed by atoms with van der Waals surface area (Å²) in [5.74, 6) is 0.552. The summed E-state index contributed by atoms with van der Waals surface area (Å²) in [4.78, 5) is 26.3. The molecule has 3 rings (SSSR count). The Morgan fingerprint density at radius 1 is 1.54 bits per heavy atom. The van der Waals surface area contributed by atoms with Gasteiger partial charge < -0.3 is 15.0 Å². The molecule has 2 aromatic heterocycles. The average Bonchev–Trinajstić information content (AvgIpc) is 3.17. The first kappa shape index (κ1) is 16.3. The number of methoxy groups -OCH3 is 1. The fourth-order valence-corrected chi connectivity index (χ4v) is 3.07. The van der Waals surface area contributed by atoms with Gasteiger partial charge in [0.25, 0.3) is 5.91 Å². The van der Waals surface area contributed by atoms with Crippen molar-refractivity contribution in [3.05, 3.63) is 30.1 Å². The van der Waals surface area contributed by atoms with Crippen LogP contribution in [0, 0.1) is 0 Å². The maximum absolute atomic E-state index is 13.1. The molecule has 24 heavy (non-hydrogen) atoms. The number of fused-ring (bicyclic) bond motifs is 1. The van der Waals surface area contributed by atoms with Crippen LogP contribution >= 0.6 is 0 Å². The molecule has 0 bridgehead atoms. The lowest BCUT2D eigenvalue weighted by Gasteiger charge is -2.29. The highest BCUT2D eigenvalue weighted by Crippen LogP contribution is 2.25. The van der Waals surface area contributed by atoms with Gasteiger partial charge in [0.1, 0.15) is 11.3 Å². The lowest BCUT2D eigenvalue weighted by Crippen LogP contribution is -2.45. The zero-order valence-corrected chi connectivity index (χ0v) is 14.2. The van der Waals surface area contributed by atoms with Crippen LogP contribution in [0.3, 0.4) is 0 Å². The Kier molecular flexibility index (Phi) is 4.42. The number of nitrogens with zero attached hydrogens (tertiary/aromatic N) is 3. The van der Waals surface area contributed by atoms with Crippen molar-refractivity contribution in [3.63, 3.8) is 0 Å². The predicted molar refractivity (Wildman–Crippen MR) is 89.1 cm³/mol. The summed E-state index contributed by atoms with van der Waals surface area (Å²) in [7, 11) is 1.57. The van der Waals surface area contributed by atoms with Crippen molar-refractivity contribution in [2.24, 2.45) is 0 Å². The van der Waals surface area contributed by atoms with Crippen molar-refractivity contribution < 1.29 is 14.3 Å². The first-order valence-corrected chi connectivity index (χ1v) is 8.12. The number of aromatic nitrogens is 2. The van der Waals surface area contributed by atoms with Crippen LogP contribution in [-0.4, -0.2) is 52.1 Å². The van der Waals surface area contributed by atoms with Crippen molar-refractivity contribution >= 4 is 17.3 Å². The molecule has 0 aromatic carbocycles. The van der Waals surface area contributed by atoms with E-state index in [1.165, 1.54) is 0 Å². The van der Waals surface area contributed by atoms with Crippen LogP contribution in [0.5, 0.6) is 5.75 Å². The predicted octanol–water partition coefficient (Wildman–Crippen LogP) is 1.47. The summed E-state index contributed by atoms with van der Waals surface area (Å²) in [5.41, 5.74) is 1.16. The van der Waals surface area contributed by atoms with E-state index in [0.29, 0.717) is 29.8 Å². The largest absolute Gasteiger partial charge is 0.494 e. The Labute approximate surface area is 140 Å². The molecular weight excluding hydrogens is 308 g/mol. The van der Waals surface area contributed by atoms with Gasteiger partial charge in [-0.05, 0) is 32.4 Å². The molecule has 1 aliphatic rings. The second-order valence-electron chi connectivity index (χ2n) is 6.28. The molecule has 0 aliphatic carbocycles. The summed E-state index contributed by atoms with van der Waals surface area (Å²) >= 11 is 0. The molecule has 1 saturated heterocycles. The van der Waals surface area contributed by atoms with Gasteiger partial charge in [-0.15, -0.1) is 0 Å². The molecule has 128 valence electrons. The number of ether oxygens (including phenoxy) is 1. The smallest absolute Gasteiger partial charge is 0.258 e. The Morgan fingerprint density at radius 2 is 2.33 bits per heavy atom. The normalized spacial score (nSPS) is 17.3. The van der Waals surface area contributed by atoms with E-state index in [9.17, 15) is 9.59 Å². The number of carbonyl (C=O) groups is 2. The average molecular weight is 330 g/mol. The Hall–Kier alpha value is -2.57. The van der Waals surface area contributed by atoms with Crippen LogP contribution in [0.4, 0.5) is 0 Å². The summed E-state index contributed by atoms with van der Waals surface area (Å²) < 4.78 is 7.02. The number of amides is 2. The molecule has 2 aromatic rings. The molecule has 0 saturated carbocycles. The molecule has 1 atom stereocenters. The summed E-state index contributed by atoms with van der Waals surface area (Å²) in [6.07, 6.45) is 4.64. The fourth-order valence-electron chi connectivity index (χ4n) is 3.07. The third-order valence-corrected chi connectivity index (χ3v) is 4.34. The SMILES string of the molecule is COc1cccn2ncc(C(=O)N(C[C@H]3CCC(=O)N3)C(C)C)c12. The van der Waals surface area contributed by atoms with E-state index >= 15 is 0 Å². The van der Waals surface area contributed by atoms with Crippen molar-refractivity contribution in [1.82, 2.24) is 19.8 Å². The molecule has 0 unspecified atom stereocenters. The Bertz CT molecular complexity index is 768. The monoisotopic (exact) mass is 330 g/mol. The van der Waals surface area contributed by atoms with Gasteiger partial charge in [0.15, 0.2) is 0 Å². The van der Waals surface area contributed by atoms with E-state index in [2.05, 4.69) is 10.4 Å². The highest BCUT2D eigenvalue weighted by Gasteiger charge is 2.29. The van der Waals surface area contributed by atoms with Gasteiger partial charge >= 0.3 is 0 Å². The number of hydrogen-bond acceptors (Lipinski definition) is 4. The van der Waals surface area contributed by atoms with Crippen LogP contribution in [-0.2, 0) is 4.79 Å². The van der Waals surface area contributed by atoms with Gasteiger partial charge in [-0.25, -0.2) is 4.52 Å². The van der Waals surface area contributed by atoms with E-state index < -0.39 is 0 Å². The van der Waals surface area contributed by atoms with Gasteiger partial charge in [0.2, 0.25) is 5.91 Å². The van der Waals surface area contributed by atoms with E-state index in [0.717, 1.165) is 6.42 Å². The van der Waals surface area contributed by atoms with Crippen LogP contribution in [0.2, 0.25) is 0 Å². The number of pyridine rings is 1. The summed E-state index contributed by atoms with van der Waals surface area (Å²) in [6.45, 7) is 4.43. The third kappa shape index (κ3) is 2.93. The first-order chi connectivity index (χ1) is 11.5. The molecular formula is C17H22N4O3. The summed E-state index contributed by atoms with van der Waals surface area (Å²) in [6, 6.07) is 3.65. The van der Waals surface area contributed by atoms with E-state index in [1.807, 2.05) is 26.0 Å². The van der Waals surface area contributed by atoms with Crippen LogP contribution in [0.15, 0.2) is 24.5 Å². The second kappa shape index (κ2) is 6.51. The molecule has 1 aliphatic heterocycles.